The number of carbonyl (C=O) groups excluding carboxylic acids is 2. The molecule has 32 heavy (non-hydrogen) atoms. The van der Waals surface area contributed by atoms with Gasteiger partial charge in [0.25, 0.3) is 0 Å². The highest BCUT2D eigenvalue weighted by atomic mass is 16.5. The first-order valence-corrected chi connectivity index (χ1v) is 11.8. The summed E-state index contributed by atoms with van der Waals surface area (Å²) in [7, 11) is 0. The normalized spacial score (nSPS) is 35.7. The van der Waals surface area contributed by atoms with Gasteiger partial charge in [-0.25, -0.2) is 0 Å². The van der Waals surface area contributed by atoms with E-state index in [0.717, 1.165) is 25.7 Å². The molecule has 0 aromatic carbocycles. The molecule has 1 fully saturated rings. The second kappa shape index (κ2) is 11.4. The van der Waals surface area contributed by atoms with Gasteiger partial charge in [-0.1, -0.05) is 26.7 Å². The van der Waals surface area contributed by atoms with Gasteiger partial charge in [0.1, 0.15) is 0 Å². The van der Waals surface area contributed by atoms with E-state index in [9.17, 15) is 9.59 Å². The fourth-order valence-electron chi connectivity index (χ4n) is 4.58. The fourth-order valence-corrected chi connectivity index (χ4v) is 4.58. The summed E-state index contributed by atoms with van der Waals surface area (Å²) >= 11 is 0. The van der Waals surface area contributed by atoms with Crippen molar-refractivity contribution in [2.24, 2.45) is 45.1 Å². The Bertz CT molecular complexity index is 667. The lowest BCUT2D eigenvalue weighted by Gasteiger charge is -2.26. The van der Waals surface area contributed by atoms with Gasteiger partial charge in [0, 0.05) is 0 Å². The number of cyclic esters (lactones) is 2. The Hall–Kier alpha value is -2.52. The van der Waals surface area contributed by atoms with Gasteiger partial charge < -0.3 is 31.6 Å². The number of carbonyl (C=O) groups is 2. The van der Waals surface area contributed by atoms with Crippen LogP contribution in [0.4, 0.5) is 0 Å². The molecule has 6 unspecified atom stereocenters. The van der Waals surface area contributed by atoms with Crippen LogP contribution in [-0.2, 0) is 19.1 Å². The third kappa shape index (κ3) is 6.74. The van der Waals surface area contributed by atoms with Crippen LogP contribution < -0.4 is 22.1 Å². The van der Waals surface area contributed by atoms with Crippen molar-refractivity contribution in [3.8, 4) is 0 Å². The number of ether oxygens (including phenoxy) is 2. The van der Waals surface area contributed by atoms with Crippen molar-refractivity contribution in [3.63, 3.8) is 0 Å². The van der Waals surface area contributed by atoms with E-state index in [2.05, 4.69) is 34.5 Å². The molecular formula is C22H38N6O4. The van der Waals surface area contributed by atoms with E-state index in [-0.39, 0.29) is 47.7 Å². The summed E-state index contributed by atoms with van der Waals surface area (Å²) in [5.74, 6) is 0.178. The van der Waals surface area contributed by atoms with Crippen molar-refractivity contribution in [1.29, 1.82) is 0 Å². The Morgan fingerprint density at radius 2 is 1.16 bits per heavy atom. The molecule has 10 heteroatoms. The van der Waals surface area contributed by atoms with E-state index in [1.165, 1.54) is 0 Å². The van der Waals surface area contributed by atoms with Crippen molar-refractivity contribution in [2.75, 3.05) is 26.3 Å². The van der Waals surface area contributed by atoms with E-state index in [1.807, 2.05) is 0 Å². The van der Waals surface area contributed by atoms with Crippen LogP contribution in [0.2, 0.25) is 0 Å². The SMILES string of the molecule is CC1CCCC(C2CN=C(N)N2)C(=O)OCC(C)CCCC(C2CN=C(N)N2)C(=O)OC1. The molecule has 0 bridgehead atoms. The Morgan fingerprint density at radius 1 is 0.750 bits per heavy atom. The summed E-state index contributed by atoms with van der Waals surface area (Å²) in [6, 6.07) is -0.252. The zero-order valence-electron chi connectivity index (χ0n) is 19.2. The van der Waals surface area contributed by atoms with Crippen molar-refractivity contribution in [3.05, 3.63) is 0 Å². The third-order valence-electron chi connectivity index (χ3n) is 6.60. The number of hydrogen-bond acceptors (Lipinski definition) is 10. The predicted octanol–water partition coefficient (Wildman–Crippen LogP) is 0.505. The molecule has 10 nitrogen and oxygen atoms in total. The Kier molecular flexibility index (Phi) is 8.58. The molecular weight excluding hydrogens is 412 g/mol. The van der Waals surface area contributed by atoms with Gasteiger partial charge in [0.05, 0.1) is 50.2 Å². The molecule has 6 N–H and O–H groups in total. The molecule has 0 aliphatic carbocycles. The van der Waals surface area contributed by atoms with Crippen LogP contribution >= 0.6 is 0 Å². The smallest absolute Gasteiger partial charge is 0.311 e. The average Bonchev–Trinajstić information content (AvgIpc) is 3.38. The van der Waals surface area contributed by atoms with Gasteiger partial charge in [0.2, 0.25) is 0 Å². The summed E-state index contributed by atoms with van der Waals surface area (Å²) in [5, 5.41) is 6.21. The number of nitrogens with zero attached hydrogens (tertiary/aromatic N) is 2. The monoisotopic (exact) mass is 450 g/mol. The number of aliphatic imine (C=N–C) groups is 2. The molecule has 0 amide bonds. The van der Waals surface area contributed by atoms with Gasteiger partial charge in [-0.3, -0.25) is 19.6 Å². The van der Waals surface area contributed by atoms with Gasteiger partial charge in [-0.2, -0.15) is 0 Å². The summed E-state index contributed by atoms with van der Waals surface area (Å²) in [6.07, 6.45) is 4.69. The van der Waals surface area contributed by atoms with Crippen LogP contribution in [0.1, 0.15) is 52.4 Å². The summed E-state index contributed by atoms with van der Waals surface area (Å²) in [4.78, 5) is 34.1. The minimum absolute atomic E-state index is 0.126. The molecule has 1 saturated heterocycles. The maximum absolute atomic E-state index is 12.9. The summed E-state index contributed by atoms with van der Waals surface area (Å²) < 4.78 is 11.4. The first-order valence-electron chi connectivity index (χ1n) is 11.8. The third-order valence-corrected chi connectivity index (χ3v) is 6.60. The minimum atomic E-state index is -0.294. The average molecular weight is 451 g/mol. The zero-order chi connectivity index (χ0) is 23.1. The first-order chi connectivity index (χ1) is 15.3. The second-order valence-corrected chi connectivity index (χ2v) is 9.50. The Morgan fingerprint density at radius 3 is 1.50 bits per heavy atom. The van der Waals surface area contributed by atoms with Gasteiger partial charge in [-0.15, -0.1) is 0 Å². The maximum Gasteiger partial charge on any atom is 0.311 e. The van der Waals surface area contributed by atoms with Crippen LogP contribution in [0.3, 0.4) is 0 Å². The van der Waals surface area contributed by atoms with E-state index < -0.39 is 0 Å². The van der Waals surface area contributed by atoms with Gasteiger partial charge in [-0.05, 0) is 37.5 Å². The van der Waals surface area contributed by atoms with Crippen LogP contribution in [0.15, 0.2) is 9.98 Å². The van der Waals surface area contributed by atoms with Crippen LogP contribution in [0, 0.1) is 23.7 Å². The molecule has 0 spiro atoms. The molecule has 3 rings (SSSR count). The lowest BCUT2D eigenvalue weighted by atomic mass is 9.91. The lowest BCUT2D eigenvalue weighted by Crippen LogP contribution is -2.44. The Balaban J connectivity index is 1.62. The Labute approximate surface area is 190 Å². The molecule has 3 heterocycles. The van der Waals surface area contributed by atoms with Gasteiger partial charge in [0.15, 0.2) is 11.9 Å². The second-order valence-electron chi connectivity index (χ2n) is 9.50. The van der Waals surface area contributed by atoms with Crippen molar-refractivity contribution >= 4 is 23.9 Å². The number of hydrogen-bond donors (Lipinski definition) is 4. The lowest BCUT2D eigenvalue weighted by molar-refractivity contribution is -0.151. The quantitative estimate of drug-likeness (QED) is 0.444. The molecule has 0 aromatic heterocycles. The fraction of sp³-hybridized carbons (Fsp3) is 0.818. The first kappa shape index (κ1) is 24.1. The molecule has 0 aromatic rings. The maximum atomic E-state index is 12.9. The van der Waals surface area contributed by atoms with Gasteiger partial charge >= 0.3 is 11.9 Å². The number of esters is 2. The molecule has 0 saturated carbocycles. The van der Waals surface area contributed by atoms with Crippen LogP contribution in [-0.4, -0.2) is 62.2 Å². The predicted molar refractivity (Wildman–Crippen MR) is 122 cm³/mol. The molecule has 0 radical (unpaired) electrons. The zero-order valence-corrected chi connectivity index (χ0v) is 19.2. The number of nitrogens with one attached hydrogen (secondary N) is 2. The standard InChI is InChI=1S/C22H38N6O4/c1-13-5-3-7-15(17-9-25-21(23)27-17)20(30)32-12-14(2)6-4-8-16(19(29)31-11-13)18-10-26-22(24)28-18/h13-18H,3-12H2,1-2H3,(H3,23,25,27)(H3,24,26,28). The van der Waals surface area contributed by atoms with E-state index in [4.69, 9.17) is 20.9 Å². The number of nitrogens with two attached hydrogens (primary N) is 2. The number of rotatable bonds is 2. The van der Waals surface area contributed by atoms with Crippen LogP contribution in [0.5, 0.6) is 0 Å². The molecule has 3 aliphatic rings. The van der Waals surface area contributed by atoms with Crippen molar-refractivity contribution in [1.82, 2.24) is 10.6 Å². The van der Waals surface area contributed by atoms with Crippen molar-refractivity contribution in [2.45, 2.75) is 64.5 Å². The highest BCUT2D eigenvalue weighted by Gasteiger charge is 2.34. The van der Waals surface area contributed by atoms with E-state index in [1.54, 1.807) is 0 Å². The summed E-state index contributed by atoms with van der Waals surface area (Å²) in [6.45, 7) is 5.82. The minimum Gasteiger partial charge on any atom is -0.465 e. The topological polar surface area (TPSA) is 153 Å². The largest absolute Gasteiger partial charge is 0.465 e. The molecule has 180 valence electrons. The highest BCUT2D eigenvalue weighted by Crippen LogP contribution is 2.24. The van der Waals surface area contributed by atoms with Crippen molar-refractivity contribution < 1.29 is 19.1 Å². The number of guanidine groups is 2. The van der Waals surface area contributed by atoms with Crippen LogP contribution in [0.25, 0.3) is 0 Å². The van der Waals surface area contributed by atoms with E-state index >= 15 is 0 Å². The highest BCUT2D eigenvalue weighted by molar-refractivity contribution is 5.82. The molecule has 6 atom stereocenters. The summed E-state index contributed by atoms with van der Waals surface area (Å²) in [5.41, 5.74) is 11.5. The molecule has 3 aliphatic heterocycles. The van der Waals surface area contributed by atoms with E-state index in [0.29, 0.717) is 51.1 Å².